The van der Waals surface area contributed by atoms with Crippen LogP contribution in [0.25, 0.3) is 10.8 Å². The molecule has 3 rings (SSSR count). The molecule has 2 amide bonds. The number of rotatable bonds is 12. The van der Waals surface area contributed by atoms with Gasteiger partial charge in [0, 0.05) is 42.5 Å². The number of amides is 2. The first-order valence-corrected chi connectivity index (χ1v) is 12.1. The van der Waals surface area contributed by atoms with Gasteiger partial charge in [0.2, 0.25) is 0 Å². The van der Waals surface area contributed by atoms with Crippen molar-refractivity contribution in [3.8, 4) is 17.2 Å². The molecular weight excluding hydrogens is 500 g/mol. The molecule has 0 radical (unpaired) electrons. The molecule has 2 aromatic carbocycles. The molecule has 13 nitrogen and oxygen atoms in total. The van der Waals surface area contributed by atoms with Crippen LogP contribution in [-0.4, -0.2) is 79.2 Å². The van der Waals surface area contributed by atoms with Gasteiger partial charge in [-0.15, -0.1) is 0 Å². The highest BCUT2D eigenvalue weighted by atomic mass is 16.6. The molecule has 0 atom stereocenters. The summed E-state index contributed by atoms with van der Waals surface area (Å²) in [5.41, 5.74) is 0.112. The SMILES string of the molecule is CC1(C)CCc2c(OC(=O)NCCNCC(=O)O)c(OC(=O)NCCNCC(=O)O)c3ccccc3c2O1. The van der Waals surface area contributed by atoms with E-state index in [0.717, 1.165) is 0 Å². The van der Waals surface area contributed by atoms with Crippen molar-refractivity contribution in [2.24, 2.45) is 0 Å². The average Bonchev–Trinajstić information content (AvgIpc) is 2.84. The third kappa shape index (κ3) is 7.95. The lowest BCUT2D eigenvalue weighted by Crippen LogP contribution is -2.37. The fourth-order valence-electron chi connectivity index (χ4n) is 3.86. The first-order chi connectivity index (χ1) is 18.1. The number of carboxylic acid groups (broad SMARTS) is 2. The van der Waals surface area contributed by atoms with E-state index in [1.807, 2.05) is 26.0 Å². The van der Waals surface area contributed by atoms with E-state index in [2.05, 4.69) is 21.3 Å². The number of hydrogen-bond acceptors (Lipinski definition) is 9. The van der Waals surface area contributed by atoms with Gasteiger partial charge in [0.1, 0.15) is 11.4 Å². The van der Waals surface area contributed by atoms with Gasteiger partial charge in [0.25, 0.3) is 0 Å². The molecule has 38 heavy (non-hydrogen) atoms. The summed E-state index contributed by atoms with van der Waals surface area (Å²) in [6, 6.07) is 7.12. The van der Waals surface area contributed by atoms with Crippen LogP contribution in [0.15, 0.2) is 24.3 Å². The van der Waals surface area contributed by atoms with Gasteiger partial charge in [-0.05, 0) is 26.7 Å². The maximum Gasteiger partial charge on any atom is 0.412 e. The molecule has 6 N–H and O–H groups in total. The van der Waals surface area contributed by atoms with Crippen molar-refractivity contribution in [2.75, 3.05) is 39.3 Å². The fourth-order valence-corrected chi connectivity index (χ4v) is 3.86. The van der Waals surface area contributed by atoms with E-state index >= 15 is 0 Å². The Morgan fingerprint density at radius 1 is 0.842 bits per heavy atom. The van der Waals surface area contributed by atoms with Crippen molar-refractivity contribution >= 4 is 34.9 Å². The second-order valence-corrected chi connectivity index (χ2v) is 9.15. The summed E-state index contributed by atoms with van der Waals surface area (Å²) in [5.74, 6) is -1.41. The van der Waals surface area contributed by atoms with Gasteiger partial charge in [-0.2, -0.15) is 0 Å². The summed E-state index contributed by atoms with van der Waals surface area (Å²) in [4.78, 5) is 46.5. The van der Waals surface area contributed by atoms with Gasteiger partial charge >= 0.3 is 24.1 Å². The number of benzene rings is 2. The summed E-state index contributed by atoms with van der Waals surface area (Å²) < 4.78 is 17.6. The van der Waals surface area contributed by atoms with Crippen molar-refractivity contribution in [3.05, 3.63) is 29.8 Å². The summed E-state index contributed by atoms with van der Waals surface area (Å²) in [6.07, 6.45) is -0.511. The Labute approximate surface area is 218 Å². The normalized spacial score (nSPS) is 13.6. The Bertz CT molecular complexity index is 1200. The minimum Gasteiger partial charge on any atom is -0.487 e. The van der Waals surface area contributed by atoms with E-state index < -0.39 is 29.7 Å². The van der Waals surface area contributed by atoms with Crippen LogP contribution < -0.4 is 35.5 Å². The molecule has 206 valence electrons. The molecular formula is C25H32N4O9. The Morgan fingerprint density at radius 3 is 1.92 bits per heavy atom. The van der Waals surface area contributed by atoms with Gasteiger partial charge in [-0.25, -0.2) is 9.59 Å². The van der Waals surface area contributed by atoms with Crippen molar-refractivity contribution in [2.45, 2.75) is 32.3 Å². The fraction of sp³-hybridized carbons (Fsp3) is 0.440. The maximum absolute atomic E-state index is 12.7. The second-order valence-electron chi connectivity index (χ2n) is 9.15. The summed E-state index contributed by atoms with van der Waals surface area (Å²) in [7, 11) is 0. The minimum absolute atomic E-state index is 0.0396. The lowest BCUT2D eigenvalue weighted by molar-refractivity contribution is -0.136. The number of fused-ring (bicyclic) bond motifs is 3. The lowest BCUT2D eigenvalue weighted by atomic mass is 9.91. The molecule has 1 aliphatic heterocycles. The van der Waals surface area contributed by atoms with Crippen LogP contribution in [0.4, 0.5) is 9.59 Å². The van der Waals surface area contributed by atoms with Gasteiger partial charge in [-0.1, -0.05) is 24.3 Å². The minimum atomic E-state index is -1.02. The highest BCUT2D eigenvalue weighted by Gasteiger charge is 2.34. The molecule has 0 fully saturated rings. The zero-order valence-corrected chi connectivity index (χ0v) is 21.2. The molecule has 0 bridgehead atoms. The highest BCUT2D eigenvalue weighted by molar-refractivity contribution is 5.99. The molecule has 0 saturated heterocycles. The summed E-state index contributed by atoms with van der Waals surface area (Å²) in [6.45, 7) is 4.03. The largest absolute Gasteiger partial charge is 0.487 e. The van der Waals surface area contributed by atoms with Crippen LogP contribution in [0.5, 0.6) is 17.2 Å². The van der Waals surface area contributed by atoms with Gasteiger partial charge in [0.15, 0.2) is 11.5 Å². The van der Waals surface area contributed by atoms with Crippen LogP contribution >= 0.6 is 0 Å². The molecule has 1 aliphatic rings. The van der Waals surface area contributed by atoms with E-state index in [1.165, 1.54) is 0 Å². The Morgan fingerprint density at radius 2 is 1.37 bits per heavy atom. The maximum atomic E-state index is 12.7. The summed E-state index contributed by atoms with van der Waals surface area (Å²) >= 11 is 0. The zero-order valence-electron chi connectivity index (χ0n) is 21.2. The Kier molecular flexibility index (Phi) is 9.68. The first-order valence-electron chi connectivity index (χ1n) is 12.1. The van der Waals surface area contributed by atoms with Gasteiger partial charge in [0.05, 0.1) is 13.1 Å². The van der Waals surface area contributed by atoms with Crippen molar-refractivity contribution < 1.29 is 43.6 Å². The van der Waals surface area contributed by atoms with Crippen molar-refractivity contribution in [3.63, 3.8) is 0 Å². The Hall–Kier alpha value is -4.10. The third-order valence-electron chi connectivity index (χ3n) is 5.61. The molecule has 0 saturated carbocycles. The summed E-state index contributed by atoms with van der Waals surface area (Å²) in [5, 5.41) is 29.0. The topological polar surface area (TPSA) is 185 Å². The van der Waals surface area contributed by atoms with E-state index in [0.29, 0.717) is 34.9 Å². The average molecular weight is 533 g/mol. The van der Waals surface area contributed by atoms with Gasteiger partial charge < -0.3 is 45.7 Å². The number of carbonyl (C=O) groups excluding carboxylic acids is 2. The van der Waals surface area contributed by atoms with E-state index in [-0.39, 0.29) is 50.8 Å². The molecule has 2 aromatic rings. The monoisotopic (exact) mass is 532 g/mol. The molecule has 0 unspecified atom stereocenters. The number of carbonyl (C=O) groups is 4. The number of carboxylic acids is 2. The molecule has 0 aliphatic carbocycles. The third-order valence-corrected chi connectivity index (χ3v) is 5.61. The lowest BCUT2D eigenvalue weighted by Gasteiger charge is -2.34. The van der Waals surface area contributed by atoms with E-state index in [9.17, 15) is 19.2 Å². The predicted octanol–water partition coefficient (Wildman–Crippen LogP) is 1.47. The zero-order chi connectivity index (χ0) is 27.7. The molecule has 1 heterocycles. The van der Waals surface area contributed by atoms with E-state index in [4.69, 9.17) is 24.4 Å². The van der Waals surface area contributed by atoms with E-state index in [1.54, 1.807) is 12.1 Å². The second kappa shape index (κ2) is 12.9. The van der Waals surface area contributed by atoms with Crippen LogP contribution in [0.1, 0.15) is 25.8 Å². The Balaban J connectivity index is 1.86. The molecule has 0 spiro atoms. The van der Waals surface area contributed by atoms with Crippen LogP contribution in [0.3, 0.4) is 0 Å². The number of nitrogens with one attached hydrogen (secondary N) is 4. The van der Waals surface area contributed by atoms with Crippen molar-refractivity contribution in [1.82, 2.24) is 21.3 Å². The van der Waals surface area contributed by atoms with Crippen molar-refractivity contribution in [1.29, 1.82) is 0 Å². The number of hydrogen-bond donors (Lipinski definition) is 6. The smallest absolute Gasteiger partial charge is 0.412 e. The number of aliphatic carboxylic acids is 2. The standard InChI is InChI=1S/C25H32N4O9/c1-25(2)8-7-17-20(38-25)15-5-3-4-6-16(15)21(36-23(34)28-11-9-26-13-18(30)31)22(17)37-24(35)29-12-10-27-14-19(32)33/h3-6,26-27H,7-14H2,1-2H3,(H,28,34)(H,29,35)(H,30,31)(H,32,33). The van der Waals surface area contributed by atoms with Crippen LogP contribution in [-0.2, 0) is 16.0 Å². The van der Waals surface area contributed by atoms with Crippen LogP contribution in [0, 0.1) is 0 Å². The van der Waals surface area contributed by atoms with Crippen LogP contribution in [0.2, 0.25) is 0 Å². The van der Waals surface area contributed by atoms with Gasteiger partial charge in [-0.3, -0.25) is 9.59 Å². The number of ether oxygens (including phenoxy) is 3. The predicted molar refractivity (Wildman–Crippen MR) is 136 cm³/mol. The molecule has 13 heteroatoms. The quantitative estimate of drug-likeness (QED) is 0.218. The molecule has 0 aromatic heterocycles. The first kappa shape index (κ1) is 28.5. The highest BCUT2D eigenvalue weighted by Crippen LogP contribution is 2.50.